The van der Waals surface area contributed by atoms with Gasteiger partial charge in [0.2, 0.25) is 0 Å². The van der Waals surface area contributed by atoms with Crippen LogP contribution in [0.4, 0.5) is 25.0 Å². The Bertz CT molecular complexity index is 986. The summed E-state index contributed by atoms with van der Waals surface area (Å²) in [6.45, 7) is 4.66. The number of nitrogens with one attached hydrogen (secondary N) is 1. The normalized spacial score (nSPS) is 17.4. The van der Waals surface area contributed by atoms with Crippen LogP contribution in [0.2, 0.25) is 0 Å². The molecular weight excluding hydrogens is 416 g/mol. The number of benzene rings is 2. The van der Waals surface area contributed by atoms with E-state index in [-0.39, 0.29) is 17.8 Å². The van der Waals surface area contributed by atoms with Crippen molar-refractivity contribution in [2.45, 2.75) is 0 Å². The van der Waals surface area contributed by atoms with Gasteiger partial charge in [0.1, 0.15) is 11.6 Å². The summed E-state index contributed by atoms with van der Waals surface area (Å²) in [5, 5.41) is 2.74. The van der Waals surface area contributed by atoms with Gasteiger partial charge in [0.05, 0.1) is 5.69 Å². The molecule has 7 nitrogen and oxygen atoms in total. The number of rotatable bonds is 3. The molecule has 2 heterocycles. The molecule has 0 radical (unpaired) electrons. The lowest BCUT2D eigenvalue weighted by Gasteiger charge is -2.35. The first-order valence-electron chi connectivity index (χ1n) is 10.7. The summed E-state index contributed by atoms with van der Waals surface area (Å²) in [6, 6.07) is 9.99. The third-order valence-corrected chi connectivity index (χ3v) is 5.97. The molecular formula is C23H27F2N5O2. The van der Waals surface area contributed by atoms with Crippen LogP contribution in [-0.4, -0.2) is 86.0 Å². The Kier molecular flexibility index (Phi) is 6.55. The van der Waals surface area contributed by atoms with Crippen molar-refractivity contribution in [3.05, 3.63) is 59.7 Å². The minimum Gasteiger partial charge on any atom is -0.367 e. The maximum Gasteiger partial charge on any atom is 0.321 e. The highest BCUT2D eigenvalue weighted by molar-refractivity contribution is 5.94. The second kappa shape index (κ2) is 9.52. The van der Waals surface area contributed by atoms with Gasteiger partial charge >= 0.3 is 6.03 Å². The molecule has 32 heavy (non-hydrogen) atoms. The number of halogens is 2. The Morgan fingerprint density at radius 2 is 1.53 bits per heavy atom. The number of likely N-dealkylation sites (N-methyl/N-ethyl adjacent to an activating group) is 1. The summed E-state index contributed by atoms with van der Waals surface area (Å²) in [6.07, 6.45) is 0. The van der Waals surface area contributed by atoms with Gasteiger partial charge in [0.15, 0.2) is 0 Å². The monoisotopic (exact) mass is 443 g/mol. The fourth-order valence-corrected chi connectivity index (χ4v) is 4.01. The van der Waals surface area contributed by atoms with E-state index in [0.717, 1.165) is 26.2 Å². The number of piperazine rings is 2. The molecule has 0 atom stereocenters. The molecule has 2 saturated heterocycles. The van der Waals surface area contributed by atoms with Gasteiger partial charge in [-0.05, 0) is 43.4 Å². The van der Waals surface area contributed by atoms with Crippen molar-refractivity contribution in [2.75, 3.05) is 69.6 Å². The second-order valence-electron chi connectivity index (χ2n) is 8.18. The van der Waals surface area contributed by atoms with Gasteiger partial charge in [-0.2, -0.15) is 0 Å². The quantitative estimate of drug-likeness (QED) is 0.793. The van der Waals surface area contributed by atoms with E-state index in [1.165, 1.54) is 24.3 Å². The average Bonchev–Trinajstić information content (AvgIpc) is 2.79. The highest BCUT2D eigenvalue weighted by atomic mass is 19.1. The average molecular weight is 443 g/mol. The van der Waals surface area contributed by atoms with Gasteiger partial charge in [-0.1, -0.05) is 6.07 Å². The van der Waals surface area contributed by atoms with E-state index in [9.17, 15) is 18.4 Å². The molecule has 0 aromatic heterocycles. The Balaban J connectivity index is 1.31. The van der Waals surface area contributed by atoms with Crippen LogP contribution in [0, 0.1) is 11.6 Å². The molecule has 2 aromatic rings. The molecule has 2 aliphatic rings. The number of carbonyl (C=O) groups is 2. The first kappa shape index (κ1) is 22.0. The fourth-order valence-electron chi connectivity index (χ4n) is 4.01. The molecule has 0 unspecified atom stereocenters. The number of hydrogen-bond donors (Lipinski definition) is 1. The summed E-state index contributed by atoms with van der Waals surface area (Å²) in [7, 11) is 2.05. The van der Waals surface area contributed by atoms with Crippen LogP contribution in [0.5, 0.6) is 0 Å². The Hall–Kier alpha value is -3.20. The van der Waals surface area contributed by atoms with Crippen molar-refractivity contribution in [1.82, 2.24) is 14.7 Å². The second-order valence-corrected chi connectivity index (χ2v) is 8.18. The maximum absolute atomic E-state index is 14.7. The number of carbonyl (C=O) groups excluding carboxylic acids is 2. The van der Waals surface area contributed by atoms with Gasteiger partial charge < -0.3 is 24.9 Å². The van der Waals surface area contributed by atoms with E-state index < -0.39 is 5.82 Å². The minimum atomic E-state index is -0.459. The lowest BCUT2D eigenvalue weighted by atomic mass is 10.2. The van der Waals surface area contributed by atoms with Crippen LogP contribution in [0.25, 0.3) is 0 Å². The SMILES string of the molecule is CN1CCN(c2ccc(NC(=O)N3CCN(C(=O)c4cccc(F)c4)CC3)cc2F)CC1. The Labute approximate surface area is 186 Å². The molecule has 2 aromatic carbocycles. The molecule has 2 fully saturated rings. The molecule has 0 saturated carbocycles. The first-order valence-corrected chi connectivity index (χ1v) is 10.7. The standard InChI is InChI=1S/C23H27F2N5O2/c1-27-7-9-28(10-8-27)21-6-5-19(16-20(21)25)26-23(32)30-13-11-29(12-14-30)22(31)17-3-2-4-18(24)15-17/h2-6,15-16H,7-14H2,1H3,(H,26,32). The summed E-state index contributed by atoms with van der Waals surface area (Å²) in [5.74, 6) is -1.08. The predicted molar refractivity (Wildman–Crippen MR) is 119 cm³/mol. The molecule has 3 amide bonds. The first-order chi connectivity index (χ1) is 15.4. The van der Waals surface area contributed by atoms with Crippen molar-refractivity contribution in [3.8, 4) is 0 Å². The van der Waals surface area contributed by atoms with Crippen LogP contribution in [-0.2, 0) is 0 Å². The molecule has 0 bridgehead atoms. The zero-order valence-electron chi connectivity index (χ0n) is 18.1. The molecule has 170 valence electrons. The Morgan fingerprint density at radius 1 is 0.844 bits per heavy atom. The van der Waals surface area contributed by atoms with E-state index in [1.54, 1.807) is 28.0 Å². The number of nitrogens with zero attached hydrogens (tertiary/aromatic N) is 4. The number of hydrogen-bond acceptors (Lipinski definition) is 4. The van der Waals surface area contributed by atoms with Crippen LogP contribution in [0.1, 0.15) is 10.4 Å². The van der Waals surface area contributed by atoms with Crippen LogP contribution in [0.15, 0.2) is 42.5 Å². The summed E-state index contributed by atoms with van der Waals surface area (Å²) < 4.78 is 28.0. The number of anilines is 2. The van der Waals surface area contributed by atoms with Crippen LogP contribution in [0.3, 0.4) is 0 Å². The fraction of sp³-hybridized carbons (Fsp3) is 0.391. The molecule has 1 N–H and O–H groups in total. The van der Waals surface area contributed by atoms with Gasteiger partial charge in [-0.3, -0.25) is 4.79 Å². The third-order valence-electron chi connectivity index (χ3n) is 5.97. The molecule has 9 heteroatoms. The highest BCUT2D eigenvalue weighted by Crippen LogP contribution is 2.24. The van der Waals surface area contributed by atoms with Crippen LogP contribution >= 0.6 is 0 Å². The van der Waals surface area contributed by atoms with E-state index >= 15 is 0 Å². The van der Waals surface area contributed by atoms with E-state index in [2.05, 4.69) is 10.2 Å². The van der Waals surface area contributed by atoms with Gasteiger partial charge in [-0.15, -0.1) is 0 Å². The zero-order chi connectivity index (χ0) is 22.7. The van der Waals surface area contributed by atoms with Gasteiger partial charge in [0, 0.05) is 63.6 Å². The zero-order valence-corrected chi connectivity index (χ0v) is 18.1. The number of urea groups is 1. The van der Waals surface area contributed by atoms with Gasteiger partial charge in [0.25, 0.3) is 5.91 Å². The van der Waals surface area contributed by atoms with E-state index in [0.29, 0.717) is 43.1 Å². The van der Waals surface area contributed by atoms with Crippen molar-refractivity contribution in [3.63, 3.8) is 0 Å². The van der Waals surface area contributed by atoms with E-state index in [4.69, 9.17) is 0 Å². The largest absolute Gasteiger partial charge is 0.367 e. The Morgan fingerprint density at radius 3 is 2.19 bits per heavy atom. The molecule has 0 aliphatic carbocycles. The highest BCUT2D eigenvalue weighted by Gasteiger charge is 2.25. The molecule has 0 spiro atoms. The van der Waals surface area contributed by atoms with Crippen molar-refractivity contribution < 1.29 is 18.4 Å². The van der Waals surface area contributed by atoms with Crippen molar-refractivity contribution in [1.29, 1.82) is 0 Å². The lowest BCUT2D eigenvalue weighted by Crippen LogP contribution is -2.51. The number of amides is 3. The topological polar surface area (TPSA) is 59.1 Å². The van der Waals surface area contributed by atoms with Crippen molar-refractivity contribution >= 4 is 23.3 Å². The van der Waals surface area contributed by atoms with E-state index in [1.807, 2.05) is 11.9 Å². The maximum atomic E-state index is 14.7. The van der Waals surface area contributed by atoms with Crippen LogP contribution < -0.4 is 10.2 Å². The summed E-state index contributed by atoms with van der Waals surface area (Å²) in [4.78, 5) is 32.5. The smallest absolute Gasteiger partial charge is 0.321 e. The summed E-state index contributed by atoms with van der Waals surface area (Å²) in [5.41, 5.74) is 1.23. The molecule has 4 rings (SSSR count). The van der Waals surface area contributed by atoms with Gasteiger partial charge in [-0.25, -0.2) is 13.6 Å². The third kappa shape index (κ3) is 4.99. The predicted octanol–water partition coefficient (Wildman–Crippen LogP) is 2.71. The minimum absolute atomic E-state index is 0.258. The lowest BCUT2D eigenvalue weighted by molar-refractivity contribution is 0.0671. The summed E-state index contributed by atoms with van der Waals surface area (Å²) >= 11 is 0. The van der Waals surface area contributed by atoms with Crippen molar-refractivity contribution in [2.24, 2.45) is 0 Å². The molecule has 2 aliphatic heterocycles.